The molecule has 5 rings (SSSR count). The van der Waals surface area contributed by atoms with E-state index in [4.69, 9.17) is 4.74 Å². The third-order valence-corrected chi connectivity index (χ3v) is 8.00. The Balaban J connectivity index is 1.03. The number of rotatable bonds is 15. The number of carboxylic acid groups (broad SMARTS) is 1. The van der Waals surface area contributed by atoms with Crippen LogP contribution in [0.25, 0.3) is 10.9 Å². The average Bonchev–Trinajstić information content (AvgIpc) is 3.13. The Morgan fingerprint density at radius 3 is 2.30 bits per heavy atom. The van der Waals surface area contributed by atoms with E-state index in [1.165, 1.54) is 42.5 Å². The van der Waals surface area contributed by atoms with E-state index in [0.29, 0.717) is 23.1 Å². The Hall–Kier alpha value is -6.02. The normalized spacial score (nSPS) is 12.8. The number of benzene rings is 4. The van der Waals surface area contributed by atoms with Gasteiger partial charge in [0, 0.05) is 48.8 Å². The predicted molar refractivity (Wildman–Crippen MR) is 184 cm³/mol. The summed E-state index contributed by atoms with van der Waals surface area (Å²) in [5.74, 6) is -2.13. The molecule has 13 nitrogen and oxygen atoms in total. The van der Waals surface area contributed by atoms with E-state index in [0.717, 1.165) is 5.56 Å². The molecule has 1 aromatic heterocycles. The fourth-order valence-corrected chi connectivity index (χ4v) is 5.37. The number of aliphatic carboxylic acids is 1. The predicted octanol–water partition coefficient (Wildman–Crippen LogP) is 2.30. The van der Waals surface area contributed by atoms with Crippen molar-refractivity contribution in [2.75, 3.05) is 26.2 Å². The fourth-order valence-electron chi connectivity index (χ4n) is 5.37. The van der Waals surface area contributed by atoms with Crippen LogP contribution in [-0.2, 0) is 21.7 Å². The SMILES string of the molecule is O=C(COc1cccc(C(O)(C(=O)O)c2ccccc2)c1)NCCNC(=O)c1ccc(CNCC(O)c2ccc(O)c3[nH]c(=O)ccc23)cc1. The number of nitrogens with one attached hydrogen (secondary N) is 4. The minimum atomic E-state index is -2.31. The lowest BCUT2D eigenvalue weighted by Gasteiger charge is -2.25. The maximum absolute atomic E-state index is 12.6. The third-order valence-electron chi connectivity index (χ3n) is 8.00. The van der Waals surface area contributed by atoms with Gasteiger partial charge in [0.1, 0.15) is 11.5 Å². The van der Waals surface area contributed by atoms with Crippen LogP contribution in [0.15, 0.2) is 108 Å². The first-order valence-corrected chi connectivity index (χ1v) is 15.7. The highest BCUT2D eigenvalue weighted by Crippen LogP contribution is 2.32. The van der Waals surface area contributed by atoms with E-state index >= 15 is 0 Å². The lowest BCUT2D eigenvalue weighted by molar-refractivity contribution is -0.155. The monoisotopic (exact) mass is 680 g/mol. The van der Waals surface area contributed by atoms with Gasteiger partial charge in [0.05, 0.1) is 11.6 Å². The second kappa shape index (κ2) is 15.9. The number of fused-ring (bicyclic) bond motifs is 1. The first-order chi connectivity index (χ1) is 24.1. The number of aromatic nitrogens is 1. The van der Waals surface area contributed by atoms with Crippen LogP contribution in [0.2, 0.25) is 0 Å². The van der Waals surface area contributed by atoms with Crippen LogP contribution in [0.4, 0.5) is 0 Å². The highest BCUT2D eigenvalue weighted by atomic mass is 16.5. The molecule has 1 heterocycles. The molecule has 0 radical (unpaired) electrons. The summed E-state index contributed by atoms with van der Waals surface area (Å²) in [7, 11) is 0. The van der Waals surface area contributed by atoms with Gasteiger partial charge in [-0.05, 0) is 53.1 Å². The van der Waals surface area contributed by atoms with E-state index in [9.17, 15) is 39.6 Å². The Morgan fingerprint density at radius 1 is 0.840 bits per heavy atom. The minimum absolute atomic E-state index is 0.0692. The minimum Gasteiger partial charge on any atom is -0.506 e. The molecule has 13 heteroatoms. The number of hydrogen-bond donors (Lipinski definition) is 8. The van der Waals surface area contributed by atoms with Gasteiger partial charge in [-0.1, -0.05) is 60.7 Å². The zero-order valence-electron chi connectivity index (χ0n) is 26.8. The highest BCUT2D eigenvalue weighted by Gasteiger charge is 2.40. The van der Waals surface area contributed by atoms with Crippen molar-refractivity contribution >= 4 is 28.7 Å². The molecule has 0 aliphatic heterocycles. The van der Waals surface area contributed by atoms with Crippen LogP contribution >= 0.6 is 0 Å². The number of carbonyl (C=O) groups excluding carboxylic acids is 2. The number of carbonyl (C=O) groups is 3. The summed E-state index contributed by atoms with van der Waals surface area (Å²) in [5.41, 5.74) is -0.313. The van der Waals surface area contributed by atoms with Crippen LogP contribution < -0.4 is 26.2 Å². The molecule has 2 unspecified atom stereocenters. The van der Waals surface area contributed by atoms with Gasteiger partial charge in [-0.3, -0.25) is 14.4 Å². The van der Waals surface area contributed by atoms with Crippen molar-refractivity contribution in [3.63, 3.8) is 0 Å². The Kier molecular flexibility index (Phi) is 11.2. The van der Waals surface area contributed by atoms with Gasteiger partial charge >= 0.3 is 5.97 Å². The van der Waals surface area contributed by atoms with Crippen LogP contribution in [0.5, 0.6) is 11.5 Å². The number of H-pyrrole nitrogens is 1. The van der Waals surface area contributed by atoms with E-state index in [1.807, 2.05) is 0 Å². The lowest BCUT2D eigenvalue weighted by atomic mass is 9.86. The number of ether oxygens (including phenoxy) is 1. The smallest absolute Gasteiger partial charge is 0.345 e. The van der Waals surface area contributed by atoms with Crippen molar-refractivity contribution in [2.45, 2.75) is 18.2 Å². The number of aromatic amines is 1. The first kappa shape index (κ1) is 35.3. The average molecular weight is 681 g/mol. The molecule has 2 amide bonds. The van der Waals surface area contributed by atoms with E-state index in [1.54, 1.807) is 60.7 Å². The summed E-state index contributed by atoms with van der Waals surface area (Å²) in [6.45, 7) is 0.541. The van der Waals surface area contributed by atoms with Gasteiger partial charge in [0.2, 0.25) is 11.2 Å². The van der Waals surface area contributed by atoms with Gasteiger partial charge in [0.15, 0.2) is 6.61 Å². The topological polar surface area (TPSA) is 210 Å². The second-order valence-corrected chi connectivity index (χ2v) is 11.4. The van der Waals surface area contributed by atoms with Crippen molar-refractivity contribution in [1.29, 1.82) is 0 Å². The maximum Gasteiger partial charge on any atom is 0.345 e. The summed E-state index contributed by atoms with van der Waals surface area (Å²) in [4.78, 5) is 51.2. The molecule has 0 saturated heterocycles. The number of aliphatic hydroxyl groups is 2. The Bertz CT molecular complexity index is 2030. The molecular weight excluding hydrogens is 644 g/mol. The molecule has 2 atom stereocenters. The Labute approximate surface area is 286 Å². The van der Waals surface area contributed by atoms with Crippen molar-refractivity contribution in [1.82, 2.24) is 20.9 Å². The zero-order chi connectivity index (χ0) is 35.7. The van der Waals surface area contributed by atoms with Crippen LogP contribution in [-0.4, -0.2) is 69.4 Å². The highest BCUT2D eigenvalue weighted by molar-refractivity contribution is 5.94. The van der Waals surface area contributed by atoms with Crippen molar-refractivity contribution in [2.24, 2.45) is 0 Å². The molecule has 0 fully saturated rings. The summed E-state index contributed by atoms with van der Waals surface area (Å²) in [6, 6.07) is 26.6. The number of aliphatic hydroxyl groups excluding tert-OH is 1. The molecule has 0 spiro atoms. The second-order valence-electron chi connectivity index (χ2n) is 11.4. The van der Waals surface area contributed by atoms with Gasteiger partial charge in [-0.2, -0.15) is 0 Å². The fraction of sp³-hybridized carbons (Fsp3) is 0.189. The summed E-state index contributed by atoms with van der Waals surface area (Å²) >= 11 is 0. The van der Waals surface area contributed by atoms with Gasteiger partial charge in [-0.15, -0.1) is 0 Å². The van der Waals surface area contributed by atoms with Gasteiger partial charge < -0.3 is 46.1 Å². The molecule has 4 aromatic carbocycles. The number of pyridine rings is 1. The number of aromatic hydroxyl groups is 1. The lowest BCUT2D eigenvalue weighted by Crippen LogP contribution is -2.37. The molecule has 0 bridgehead atoms. The van der Waals surface area contributed by atoms with Crippen LogP contribution in [0.3, 0.4) is 0 Å². The maximum atomic E-state index is 12.6. The van der Waals surface area contributed by atoms with Gasteiger partial charge in [0.25, 0.3) is 11.8 Å². The number of hydrogen-bond acceptors (Lipinski definition) is 9. The zero-order valence-corrected chi connectivity index (χ0v) is 26.8. The van der Waals surface area contributed by atoms with Gasteiger partial charge in [-0.25, -0.2) is 4.79 Å². The van der Waals surface area contributed by atoms with E-state index in [-0.39, 0.29) is 65.9 Å². The number of amides is 2. The quantitative estimate of drug-likeness (QED) is 0.0757. The standard InChI is InChI=1S/C37H36N4O9/c42-30-15-13-28(29-14-16-32(44)41-34(29)30)31(43)21-38-20-23-9-11-24(12-10-23)35(46)40-18-17-39-33(45)22-50-27-8-4-7-26(19-27)37(49,36(47)48)25-5-2-1-3-6-25/h1-16,19,31,38,42-43,49H,17-18,20-22H2,(H,39,45)(H,40,46)(H,41,44)(H,47,48). The van der Waals surface area contributed by atoms with Crippen molar-refractivity contribution in [3.05, 3.63) is 141 Å². The molecule has 5 aromatic rings. The number of phenolic OH excluding ortho intramolecular Hbond substituents is 1. The van der Waals surface area contributed by atoms with E-state index < -0.39 is 23.6 Å². The number of carboxylic acids is 1. The molecule has 0 aliphatic carbocycles. The molecule has 8 N–H and O–H groups in total. The molecule has 0 aliphatic rings. The van der Waals surface area contributed by atoms with Crippen molar-refractivity contribution < 1.29 is 39.5 Å². The Morgan fingerprint density at radius 2 is 1.56 bits per heavy atom. The number of phenols is 1. The largest absolute Gasteiger partial charge is 0.506 e. The van der Waals surface area contributed by atoms with Crippen LogP contribution in [0, 0.1) is 0 Å². The summed E-state index contributed by atoms with van der Waals surface area (Å²) < 4.78 is 5.52. The third kappa shape index (κ3) is 8.33. The van der Waals surface area contributed by atoms with E-state index in [2.05, 4.69) is 20.9 Å². The molecule has 0 saturated carbocycles. The summed E-state index contributed by atoms with van der Waals surface area (Å²) in [5, 5.41) is 50.7. The summed E-state index contributed by atoms with van der Waals surface area (Å²) in [6.07, 6.45) is -0.905. The molecule has 50 heavy (non-hydrogen) atoms. The van der Waals surface area contributed by atoms with Crippen molar-refractivity contribution in [3.8, 4) is 11.5 Å². The molecular formula is C37H36N4O9. The van der Waals surface area contributed by atoms with Crippen LogP contribution in [0.1, 0.15) is 38.7 Å². The first-order valence-electron chi connectivity index (χ1n) is 15.7. The molecule has 258 valence electrons.